The first-order valence-corrected chi connectivity index (χ1v) is 10.6. The standard InChI is InChI=1S/C23H30N4O5/c1-15(24)20(23(30)26-31)25-22(29)19-8-6-18(7-9-19)21(28)17-4-2-16(3-5-17)14-27-10-12-32-13-11-27/h2-9,15,20-21,28,31H,10-14,24H2,1H3,(H,25,29)(H,26,30)/t15-,20+,21?/m1/s1. The molecule has 0 spiro atoms. The van der Waals surface area contributed by atoms with Gasteiger partial charge in [0.05, 0.1) is 13.2 Å². The Morgan fingerprint density at radius 1 is 1.06 bits per heavy atom. The lowest BCUT2D eigenvalue weighted by molar-refractivity contribution is -0.131. The van der Waals surface area contributed by atoms with Gasteiger partial charge in [0.15, 0.2) is 0 Å². The van der Waals surface area contributed by atoms with Crippen molar-refractivity contribution in [3.05, 3.63) is 70.8 Å². The van der Waals surface area contributed by atoms with Crippen LogP contribution >= 0.6 is 0 Å². The molecule has 9 heteroatoms. The molecule has 0 radical (unpaired) electrons. The van der Waals surface area contributed by atoms with Gasteiger partial charge in [0.1, 0.15) is 12.1 Å². The van der Waals surface area contributed by atoms with Crippen LogP contribution in [0.5, 0.6) is 0 Å². The number of nitrogens with one attached hydrogen (secondary N) is 2. The molecule has 1 aliphatic rings. The number of benzene rings is 2. The van der Waals surface area contributed by atoms with Crippen LogP contribution < -0.4 is 16.5 Å². The van der Waals surface area contributed by atoms with E-state index >= 15 is 0 Å². The third-order valence-corrected chi connectivity index (χ3v) is 5.50. The summed E-state index contributed by atoms with van der Waals surface area (Å²) in [5, 5.41) is 22.0. The number of ether oxygens (including phenoxy) is 1. The molecule has 1 heterocycles. The predicted molar refractivity (Wildman–Crippen MR) is 118 cm³/mol. The van der Waals surface area contributed by atoms with Gasteiger partial charge in [0, 0.05) is 31.2 Å². The Hall–Kier alpha value is -2.82. The number of carbonyl (C=O) groups is 2. The van der Waals surface area contributed by atoms with Crippen LogP contribution in [0.4, 0.5) is 0 Å². The fraction of sp³-hybridized carbons (Fsp3) is 0.391. The number of aliphatic hydroxyl groups excluding tert-OH is 1. The average molecular weight is 443 g/mol. The van der Waals surface area contributed by atoms with Gasteiger partial charge in [0.25, 0.3) is 11.8 Å². The summed E-state index contributed by atoms with van der Waals surface area (Å²) in [6.45, 7) is 5.74. The van der Waals surface area contributed by atoms with Gasteiger partial charge in [-0.1, -0.05) is 36.4 Å². The number of hydrogen-bond donors (Lipinski definition) is 5. The minimum atomic E-state index is -1.08. The number of rotatable bonds is 8. The van der Waals surface area contributed by atoms with Crippen LogP contribution in [-0.4, -0.2) is 65.4 Å². The van der Waals surface area contributed by atoms with E-state index in [1.54, 1.807) is 31.2 Å². The van der Waals surface area contributed by atoms with Gasteiger partial charge >= 0.3 is 0 Å². The maximum atomic E-state index is 12.4. The molecule has 2 aromatic carbocycles. The Morgan fingerprint density at radius 3 is 2.16 bits per heavy atom. The van der Waals surface area contributed by atoms with Crippen LogP contribution in [0.15, 0.2) is 48.5 Å². The van der Waals surface area contributed by atoms with Crippen molar-refractivity contribution in [2.75, 3.05) is 26.3 Å². The number of nitrogens with two attached hydrogens (primary N) is 1. The first-order chi connectivity index (χ1) is 15.4. The van der Waals surface area contributed by atoms with Crippen molar-refractivity contribution in [3.63, 3.8) is 0 Å². The molecule has 0 aromatic heterocycles. The highest BCUT2D eigenvalue weighted by atomic mass is 16.5. The van der Waals surface area contributed by atoms with Crippen LogP contribution in [0.25, 0.3) is 0 Å². The third kappa shape index (κ3) is 6.12. The number of carbonyl (C=O) groups excluding carboxylic acids is 2. The van der Waals surface area contributed by atoms with E-state index in [9.17, 15) is 14.7 Å². The lowest BCUT2D eigenvalue weighted by atomic mass is 9.99. The van der Waals surface area contributed by atoms with Crippen molar-refractivity contribution in [2.45, 2.75) is 31.7 Å². The zero-order chi connectivity index (χ0) is 23.1. The molecule has 2 amide bonds. The van der Waals surface area contributed by atoms with Gasteiger partial charge in [-0.25, -0.2) is 5.48 Å². The molecule has 1 unspecified atom stereocenters. The quantitative estimate of drug-likeness (QED) is 0.297. The molecule has 32 heavy (non-hydrogen) atoms. The molecule has 0 aliphatic carbocycles. The normalized spacial score (nSPS) is 17.2. The maximum absolute atomic E-state index is 12.4. The summed E-state index contributed by atoms with van der Waals surface area (Å²) in [4.78, 5) is 26.4. The largest absolute Gasteiger partial charge is 0.384 e. The number of amides is 2. The van der Waals surface area contributed by atoms with Crippen LogP contribution in [0.3, 0.4) is 0 Å². The van der Waals surface area contributed by atoms with Crippen LogP contribution in [0, 0.1) is 0 Å². The molecule has 9 nitrogen and oxygen atoms in total. The average Bonchev–Trinajstić information content (AvgIpc) is 2.82. The molecule has 1 saturated heterocycles. The molecule has 1 aliphatic heterocycles. The second-order valence-electron chi connectivity index (χ2n) is 7.94. The number of morpholine rings is 1. The van der Waals surface area contributed by atoms with Crippen LogP contribution in [0.2, 0.25) is 0 Å². The molecule has 6 N–H and O–H groups in total. The summed E-state index contributed by atoms with van der Waals surface area (Å²) >= 11 is 0. The van der Waals surface area contributed by atoms with E-state index < -0.39 is 30.0 Å². The number of aliphatic hydroxyl groups is 1. The summed E-state index contributed by atoms with van der Waals surface area (Å²) in [6, 6.07) is 12.5. The third-order valence-electron chi connectivity index (χ3n) is 5.50. The van der Waals surface area contributed by atoms with Crippen molar-refractivity contribution in [2.24, 2.45) is 5.73 Å². The SMILES string of the molecule is C[C@@H](N)[C@H](NC(=O)c1ccc(C(O)c2ccc(CN3CCOCC3)cc2)cc1)C(=O)NO. The highest BCUT2D eigenvalue weighted by Crippen LogP contribution is 2.23. The topological polar surface area (TPSA) is 137 Å². The highest BCUT2D eigenvalue weighted by Gasteiger charge is 2.25. The molecule has 0 bridgehead atoms. The van der Waals surface area contributed by atoms with Crippen molar-refractivity contribution >= 4 is 11.8 Å². The van der Waals surface area contributed by atoms with Gasteiger partial charge in [-0.2, -0.15) is 0 Å². The van der Waals surface area contributed by atoms with Crippen molar-refractivity contribution < 1.29 is 24.6 Å². The monoisotopic (exact) mass is 442 g/mol. The molecular formula is C23H30N4O5. The fourth-order valence-corrected chi connectivity index (χ4v) is 3.56. The van der Waals surface area contributed by atoms with E-state index in [0.29, 0.717) is 11.1 Å². The zero-order valence-electron chi connectivity index (χ0n) is 18.0. The van der Waals surface area contributed by atoms with Crippen LogP contribution in [0.1, 0.15) is 40.1 Å². The lowest BCUT2D eigenvalue weighted by Crippen LogP contribution is -2.54. The first-order valence-electron chi connectivity index (χ1n) is 10.6. The van der Waals surface area contributed by atoms with Crippen molar-refractivity contribution in [1.29, 1.82) is 0 Å². The minimum Gasteiger partial charge on any atom is -0.384 e. The van der Waals surface area contributed by atoms with Gasteiger partial charge < -0.3 is 20.9 Å². The van der Waals surface area contributed by atoms with Gasteiger partial charge in [-0.15, -0.1) is 0 Å². The number of hydrogen-bond acceptors (Lipinski definition) is 7. The first kappa shape index (κ1) is 23.8. The maximum Gasteiger partial charge on any atom is 0.267 e. The van der Waals surface area contributed by atoms with Gasteiger partial charge in [0.2, 0.25) is 0 Å². The predicted octanol–water partition coefficient (Wildman–Crippen LogP) is 0.552. The number of hydroxylamine groups is 1. The lowest BCUT2D eigenvalue weighted by Gasteiger charge is -2.26. The zero-order valence-corrected chi connectivity index (χ0v) is 18.0. The smallest absolute Gasteiger partial charge is 0.267 e. The Morgan fingerprint density at radius 2 is 1.62 bits per heavy atom. The van der Waals surface area contributed by atoms with Gasteiger partial charge in [-0.3, -0.25) is 19.7 Å². The summed E-state index contributed by atoms with van der Waals surface area (Å²) in [6.07, 6.45) is -0.832. The highest BCUT2D eigenvalue weighted by molar-refractivity contribution is 5.97. The van der Waals surface area contributed by atoms with E-state index in [-0.39, 0.29) is 0 Å². The van der Waals surface area contributed by atoms with Crippen LogP contribution in [-0.2, 0) is 16.1 Å². The molecule has 3 atom stereocenters. The number of nitrogens with zero attached hydrogens (tertiary/aromatic N) is 1. The fourth-order valence-electron chi connectivity index (χ4n) is 3.56. The Balaban J connectivity index is 1.62. The molecule has 1 fully saturated rings. The Kier molecular flexibility index (Phi) is 8.32. The van der Waals surface area contributed by atoms with Gasteiger partial charge in [-0.05, 0) is 35.7 Å². The van der Waals surface area contributed by atoms with E-state index in [0.717, 1.165) is 38.4 Å². The molecule has 3 rings (SSSR count). The molecule has 2 aromatic rings. The summed E-state index contributed by atoms with van der Waals surface area (Å²) in [5.41, 5.74) is 10.1. The molecule has 172 valence electrons. The molecule has 0 saturated carbocycles. The Bertz CT molecular complexity index is 896. The van der Waals surface area contributed by atoms with Crippen molar-refractivity contribution in [1.82, 2.24) is 15.7 Å². The summed E-state index contributed by atoms with van der Waals surface area (Å²) < 4.78 is 5.37. The summed E-state index contributed by atoms with van der Waals surface area (Å²) in [5.74, 6) is -1.30. The van der Waals surface area contributed by atoms with E-state index in [4.69, 9.17) is 15.7 Å². The van der Waals surface area contributed by atoms with E-state index in [2.05, 4.69) is 10.2 Å². The van der Waals surface area contributed by atoms with E-state index in [1.165, 1.54) is 11.0 Å². The second kappa shape index (κ2) is 11.2. The van der Waals surface area contributed by atoms with E-state index in [1.807, 2.05) is 24.3 Å². The molecular weight excluding hydrogens is 412 g/mol. The minimum absolute atomic E-state index is 0.304. The summed E-state index contributed by atoms with van der Waals surface area (Å²) in [7, 11) is 0. The second-order valence-corrected chi connectivity index (χ2v) is 7.94. The van der Waals surface area contributed by atoms with Crippen molar-refractivity contribution in [3.8, 4) is 0 Å². The Labute approximate surface area is 187 Å².